The van der Waals surface area contributed by atoms with Crippen molar-refractivity contribution in [3.63, 3.8) is 0 Å². The Morgan fingerprint density at radius 1 is 1.29 bits per heavy atom. The van der Waals surface area contributed by atoms with E-state index in [2.05, 4.69) is 20.6 Å². The van der Waals surface area contributed by atoms with Gasteiger partial charge in [0, 0.05) is 24.5 Å². The van der Waals surface area contributed by atoms with E-state index >= 15 is 0 Å². The molecule has 0 aliphatic carbocycles. The zero-order chi connectivity index (χ0) is 20.1. The number of aryl methyl sites for hydroxylation is 1. The summed E-state index contributed by atoms with van der Waals surface area (Å²) < 4.78 is 1.62. The van der Waals surface area contributed by atoms with Gasteiger partial charge in [0.25, 0.3) is 11.8 Å². The number of imidazole rings is 1. The molecule has 9 nitrogen and oxygen atoms in total. The van der Waals surface area contributed by atoms with Crippen LogP contribution in [-0.2, 0) is 16.0 Å². The van der Waals surface area contributed by atoms with E-state index in [-0.39, 0.29) is 12.2 Å². The summed E-state index contributed by atoms with van der Waals surface area (Å²) in [6, 6.07) is 7.96. The minimum Gasteiger partial charge on any atom is -0.363 e. The van der Waals surface area contributed by atoms with E-state index in [4.69, 9.17) is 5.73 Å². The van der Waals surface area contributed by atoms with Crippen molar-refractivity contribution in [1.82, 2.24) is 20.2 Å². The quantitative estimate of drug-likeness (QED) is 0.583. The average molecular weight is 380 g/mol. The second-order valence-corrected chi connectivity index (χ2v) is 6.22. The third-order valence-electron chi connectivity index (χ3n) is 4.22. The predicted molar refractivity (Wildman–Crippen MR) is 103 cm³/mol. The Bertz CT molecular complexity index is 961. The van der Waals surface area contributed by atoms with E-state index in [1.807, 2.05) is 18.2 Å². The fraction of sp³-hybridized carbons (Fsp3) is 0.211. The van der Waals surface area contributed by atoms with Crippen LogP contribution in [0.15, 0.2) is 47.6 Å². The minimum absolute atomic E-state index is 0.0851. The molecule has 1 aromatic heterocycles. The van der Waals surface area contributed by atoms with Gasteiger partial charge in [-0.15, -0.1) is 0 Å². The maximum atomic E-state index is 12.9. The number of rotatable bonds is 7. The van der Waals surface area contributed by atoms with Crippen LogP contribution in [0, 0.1) is 6.92 Å². The standard InChI is InChI=1S/C19H20N6O3/c1-12-10-22-18(25(12)15-7-8-21-11-23-15)19(28)24-14(16(26)17(20)27)9-13-5-3-2-4-6-13/h2-8,10,14,23H,9,11H2,1H3,(H2,20,27)(H,24,28). The molecule has 28 heavy (non-hydrogen) atoms. The van der Waals surface area contributed by atoms with Gasteiger partial charge in [-0.25, -0.2) is 4.98 Å². The van der Waals surface area contributed by atoms with Crippen molar-refractivity contribution in [1.29, 1.82) is 0 Å². The molecule has 0 fully saturated rings. The SMILES string of the molecule is Cc1cnc(C(=O)NC(Cc2ccccc2)C(=O)C(N)=O)n1C1=CC=NCN1. The Labute approximate surface area is 161 Å². The van der Waals surface area contributed by atoms with Crippen LogP contribution in [0.5, 0.6) is 0 Å². The molecule has 1 aromatic carbocycles. The van der Waals surface area contributed by atoms with Crippen LogP contribution < -0.4 is 16.4 Å². The molecule has 3 rings (SSSR count). The molecule has 2 heterocycles. The third kappa shape index (κ3) is 4.14. The highest BCUT2D eigenvalue weighted by Crippen LogP contribution is 2.13. The lowest BCUT2D eigenvalue weighted by molar-refractivity contribution is -0.137. The normalized spacial score (nSPS) is 14.0. The second-order valence-electron chi connectivity index (χ2n) is 6.22. The summed E-state index contributed by atoms with van der Waals surface area (Å²) in [7, 11) is 0. The van der Waals surface area contributed by atoms with Crippen LogP contribution in [0.2, 0.25) is 0 Å². The number of carbonyl (C=O) groups is 3. The number of nitrogens with zero attached hydrogens (tertiary/aromatic N) is 3. The summed E-state index contributed by atoms with van der Waals surface area (Å²) in [4.78, 5) is 44.7. The van der Waals surface area contributed by atoms with Crippen molar-refractivity contribution in [2.24, 2.45) is 10.7 Å². The lowest BCUT2D eigenvalue weighted by atomic mass is 10.0. The Morgan fingerprint density at radius 3 is 2.68 bits per heavy atom. The van der Waals surface area contributed by atoms with Gasteiger partial charge in [-0.1, -0.05) is 30.3 Å². The molecule has 0 saturated carbocycles. The Balaban J connectivity index is 1.86. The van der Waals surface area contributed by atoms with Crippen molar-refractivity contribution >= 4 is 29.6 Å². The molecule has 144 valence electrons. The van der Waals surface area contributed by atoms with Crippen LogP contribution in [-0.4, -0.2) is 46.1 Å². The lowest BCUT2D eigenvalue weighted by Crippen LogP contribution is -2.48. The molecule has 0 radical (unpaired) electrons. The number of benzene rings is 1. The number of carbonyl (C=O) groups excluding carboxylic acids is 3. The third-order valence-corrected chi connectivity index (χ3v) is 4.22. The van der Waals surface area contributed by atoms with Gasteiger partial charge < -0.3 is 16.4 Å². The number of nitrogens with two attached hydrogens (primary N) is 1. The Morgan fingerprint density at radius 2 is 2.04 bits per heavy atom. The van der Waals surface area contributed by atoms with E-state index in [1.165, 1.54) is 0 Å². The number of primary amides is 1. The van der Waals surface area contributed by atoms with Crippen LogP contribution in [0.3, 0.4) is 0 Å². The van der Waals surface area contributed by atoms with Gasteiger partial charge >= 0.3 is 0 Å². The number of ketones is 1. The predicted octanol–water partition coefficient (Wildman–Crippen LogP) is 0.0169. The summed E-state index contributed by atoms with van der Waals surface area (Å²) in [6.07, 6.45) is 5.03. The summed E-state index contributed by atoms with van der Waals surface area (Å²) in [5, 5.41) is 5.65. The number of Topliss-reactive ketones (excluding diaryl/α,β-unsaturated/α-hetero) is 1. The van der Waals surface area contributed by atoms with E-state index in [0.717, 1.165) is 11.3 Å². The molecule has 1 aliphatic heterocycles. The minimum atomic E-state index is -1.10. The summed E-state index contributed by atoms with van der Waals surface area (Å²) in [5.41, 5.74) is 6.67. The lowest BCUT2D eigenvalue weighted by Gasteiger charge is -2.19. The summed E-state index contributed by atoms with van der Waals surface area (Å²) in [5.74, 6) is -1.84. The van der Waals surface area contributed by atoms with Crippen LogP contribution >= 0.6 is 0 Å². The first kappa shape index (κ1) is 19.0. The van der Waals surface area contributed by atoms with E-state index in [0.29, 0.717) is 12.5 Å². The molecule has 2 aromatic rings. The zero-order valence-corrected chi connectivity index (χ0v) is 15.3. The molecular formula is C19H20N6O3. The first-order chi connectivity index (χ1) is 13.5. The molecule has 4 N–H and O–H groups in total. The van der Waals surface area contributed by atoms with Gasteiger partial charge in [-0.2, -0.15) is 0 Å². The van der Waals surface area contributed by atoms with Crippen molar-refractivity contribution in [3.8, 4) is 0 Å². The van der Waals surface area contributed by atoms with Crippen molar-refractivity contribution < 1.29 is 14.4 Å². The Hall–Kier alpha value is -3.75. The number of amides is 2. The van der Waals surface area contributed by atoms with E-state index < -0.39 is 23.6 Å². The first-order valence-corrected chi connectivity index (χ1v) is 8.64. The molecular weight excluding hydrogens is 360 g/mol. The topological polar surface area (TPSA) is 131 Å². The van der Waals surface area contributed by atoms with Crippen LogP contribution in [0.25, 0.3) is 5.82 Å². The number of aromatic nitrogens is 2. The monoisotopic (exact) mass is 380 g/mol. The number of aliphatic imine (C=N–C) groups is 1. The summed E-state index contributed by atoms with van der Waals surface area (Å²) in [6.45, 7) is 2.18. The van der Waals surface area contributed by atoms with Crippen molar-refractivity contribution in [2.75, 3.05) is 6.67 Å². The van der Waals surface area contributed by atoms with E-state index in [9.17, 15) is 14.4 Å². The highest BCUT2D eigenvalue weighted by molar-refractivity contribution is 6.38. The molecule has 1 aliphatic rings. The van der Waals surface area contributed by atoms with Gasteiger partial charge in [-0.3, -0.25) is 23.9 Å². The fourth-order valence-corrected chi connectivity index (χ4v) is 2.87. The Kier molecular flexibility index (Phi) is 5.64. The largest absolute Gasteiger partial charge is 0.363 e. The molecule has 1 atom stereocenters. The highest BCUT2D eigenvalue weighted by Gasteiger charge is 2.28. The molecule has 1 unspecified atom stereocenters. The number of allylic oxidation sites excluding steroid dienone is 1. The highest BCUT2D eigenvalue weighted by atomic mass is 16.2. The molecule has 0 spiro atoms. The first-order valence-electron chi connectivity index (χ1n) is 8.64. The smallest absolute Gasteiger partial charge is 0.288 e. The number of hydrogen-bond acceptors (Lipinski definition) is 6. The summed E-state index contributed by atoms with van der Waals surface area (Å²) >= 11 is 0. The number of nitrogens with one attached hydrogen (secondary N) is 2. The molecule has 9 heteroatoms. The fourth-order valence-electron chi connectivity index (χ4n) is 2.87. The van der Waals surface area contributed by atoms with Crippen LogP contribution in [0.4, 0.5) is 0 Å². The maximum absolute atomic E-state index is 12.9. The van der Waals surface area contributed by atoms with Gasteiger partial charge in [0.1, 0.15) is 18.5 Å². The van der Waals surface area contributed by atoms with E-state index in [1.54, 1.807) is 42.1 Å². The second kappa shape index (κ2) is 8.30. The van der Waals surface area contributed by atoms with Gasteiger partial charge in [0.05, 0.1) is 0 Å². The van der Waals surface area contributed by atoms with Crippen molar-refractivity contribution in [3.05, 3.63) is 59.7 Å². The van der Waals surface area contributed by atoms with Gasteiger partial charge in [0.15, 0.2) is 0 Å². The van der Waals surface area contributed by atoms with Crippen molar-refractivity contribution in [2.45, 2.75) is 19.4 Å². The zero-order valence-electron chi connectivity index (χ0n) is 15.3. The van der Waals surface area contributed by atoms with Gasteiger partial charge in [0.2, 0.25) is 11.6 Å². The maximum Gasteiger partial charge on any atom is 0.288 e. The van der Waals surface area contributed by atoms with Crippen LogP contribution in [0.1, 0.15) is 21.9 Å². The number of hydrogen-bond donors (Lipinski definition) is 3. The average Bonchev–Trinajstić information content (AvgIpc) is 3.09. The molecule has 0 bridgehead atoms. The molecule has 2 amide bonds. The molecule has 0 saturated heterocycles. The van der Waals surface area contributed by atoms with Gasteiger partial charge in [-0.05, 0) is 18.6 Å².